The van der Waals surface area contributed by atoms with Crippen LogP contribution in [0.25, 0.3) is 0 Å². The highest BCUT2D eigenvalue weighted by Crippen LogP contribution is 2.26. The van der Waals surface area contributed by atoms with E-state index in [-0.39, 0.29) is 16.4 Å². The van der Waals surface area contributed by atoms with Crippen LogP contribution in [-0.4, -0.2) is 4.92 Å². The van der Waals surface area contributed by atoms with Crippen molar-refractivity contribution in [2.75, 3.05) is 5.32 Å². The van der Waals surface area contributed by atoms with E-state index in [0.29, 0.717) is 5.69 Å². The topological polar surface area (TPSA) is 55.2 Å². The molecule has 0 fully saturated rings. The van der Waals surface area contributed by atoms with Crippen molar-refractivity contribution in [3.05, 3.63) is 63.2 Å². The fraction of sp³-hybridized carbons (Fsp3) is 0. The smallest absolute Gasteiger partial charge is 0.272 e. The van der Waals surface area contributed by atoms with Crippen LogP contribution in [0, 0.1) is 21.7 Å². The van der Waals surface area contributed by atoms with Gasteiger partial charge in [0.2, 0.25) is 0 Å². The Balaban J connectivity index is 2.28. The van der Waals surface area contributed by atoms with Crippen LogP contribution in [0.15, 0.2) is 36.4 Å². The molecule has 0 saturated heterocycles. The number of anilines is 2. The lowest BCUT2D eigenvalue weighted by molar-refractivity contribution is -0.385. The summed E-state index contributed by atoms with van der Waals surface area (Å²) in [6.07, 6.45) is 0. The monoisotopic (exact) mass is 284 g/mol. The van der Waals surface area contributed by atoms with E-state index in [0.717, 1.165) is 18.2 Å². The molecule has 0 aliphatic heterocycles. The second kappa shape index (κ2) is 5.19. The Labute approximate surface area is 111 Å². The molecule has 2 aromatic rings. The first-order chi connectivity index (χ1) is 8.97. The zero-order chi connectivity index (χ0) is 14.0. The maximum atomic E-state index is 13.6. The van der Waals surface area contributed by atoms with Crippen LogP contribution < -0.4 is 5.32 Å². The van der Waals surface area contributed by atoms with E-state index >= 15 is 0 Å². The Morgan fingerprint density at radius 3 is 2.42 bits per heavy atom. The van der Waals surface area contributed by atoms with Crippen LogP contribution in [0.4, 0.5) is 25.8 Å². The van der Waals surface area contributed by atoms with E-state index < -0.39 is 16.6 Å². The number of rotatable bonds is 3. The summed E-state index contributed by atoms with van der Waals surface area (Å²) in [5.41, 5.74) is 0.0626. The van der Waals surface area contributed by atoms with Crippen molar-refractivity contribution >= 4 is 28.7 Å². The first-order valence-electron chi connectivity index (χ1n) is 5.13. The van der Waals surface area contributed by atoms with Crippen LogP contribution >= 0.6 is 11.6 Å². The average Bonchev–Trinajstić information content (AvgIpc) is 2.36. The van der Waals surface area contributed by atoms with E-state index in [2.05, 4.69) is 5.32 Å². The third-order valence-corrected chi connectivity index (χ3v) is 2.65. The van der Waals surface area contributed by atoms with E-state index in [1.54, 1.807) is 0 Å². The standard InChI is InChI=1S/C12H7ClF2N2O2/c13-9-5-7(1-3-10(9)14)16-12-4-2-8(17(18)19)6-11(12)15/h1-6,16H. The summed E-state index contributed by atoms with van der Waals surface area (Å²) in [6, 6.07) is 6.99. The van der Waals surface area contributed by atoms with Gasteiger partial charge in [-0.3, -0.25) is 10.1 Å². The van der Waals surface area contributed by atoms with Gasteiger partial charge in [0, 0.05) is 11.8 Å². The lowest BCUT2D eigenvalue weighted by Gasteiger charge is -2.08. The quantitative estimate of drug-likeness (QED) is 0.676. The summed E-state index contributed by atoms with van der Waals surface area (Å²) in [7, 11) is 0. The van der Waals surface area contributed by atoms with Gasteiger partial charge in [0.1, 0.15) is 5.82 Å². The van der Waals surface area contributed by atoms with Crippen molar-refractivity contribution in [1.29, 1.82) is 0 Å². The van der Waals surface area contributed by atoms with Crippen molar-refractivity contribution in [3.8, 4) is 0 Å². The lowest BCUT2D eigenvalue weighted by Crippen LogP contribution is -1.96. The van der Waals surface area contributed by atoms with Gasteiger partial charge in [0.15, 0.2) is 5.82 Å². The summed E-state index contributed by atoms with van der Waals surface area (Å²) in [4.78, 5) is 9.77. The number of nitro groups is 1. The van der Waals surface area contributed by atoms with Gasteiger partial charge in [-0.2, -0.15) is 0 Å². The molecule has 0 aliphatic rings. The second-order valence-electron chi connectivity index (χ2n) is 3.68. The summed E-state index contributed by atoms with van der Waals surface area (Å²) >= 11 is 5.59. The molecule has 1 N–H and O–H groups in total. The van der Waals surface area contributed by atoms with Crippen molar-refractivity contribution in [2.45, 2.75) is 0 Å². The third kappa shape index (κ3) is 2.97. The number of nitrogens with one attached hydrogen (secondary N) is 1. The van der Waals surface area contributed by atoms with Crippen LogP contribution in [-0.2, 0) is 0 Å². The summed E-state index contributed by atoms with van der Waals surface area (Å²) in [5.74, 6) is -1.37. The van der Waals surface area contributed by atoms with E-state index in [9.17, 15) is 18.9 Å². The maximum Gasteiger partial charge on any atom is 0.272 e. The molecule has 19 heavy (non-hydrogen) atoms. The Morgan fingerprint density at radius 2 is 1.84 bits per heavy atom. The normalized spacial score (nSPS) is 10.3. The number of non-ortho nitro benzene ring substituents is 1. The van der Waals surface area contributed by atoms with Gasteiger partial charge in [-0.05, 0) is 24.3 Å². The molecule has 0 atom stereocenters. The molecule has 7 heteroatoms. The van der Waals surface area contributed by atoms with Gasteiger partial charge in [0.05, 0.1) is 21.7 Å². The number of halogens is 3. The van der Waals surface area contributed by atoms with Gasteiger partial charge in [0.25, 0.3) is 5.69 Å². The molecular weight excluding hydrogens is 278 g/mol. The Kier molecular flexibility index (Phi) is 3.62. The summed E-state index contributed by atoms with van der Waals surface area (Å²) in [6.45, 7) is 0. The number of hydrogen-bond donors (Lipinski definition) is 1. The zero-order valence-corrected chi connectivity index (χ0v) is 10.1. The molecule has 0 aromatic heterocycles. The van der Waals surface area contributed by atoms with Crippen LogP contribution in [0.5, 0.6) is 0 Å². The van der Waals surface area contributed by atoms with Gasteiger partial charge >= 0.3 is 0 Å². The molecule has 2 rings (SSSR count). The van der Waals surface area contributed by atoms with Gasteiger partial charge < -0.3 is 5.32 Å². The van der Waals surface area contributed by atoms with Crippen molar-refractivity contribution in [2.24, 2.45) is 0 Å². The largest absolute Gasteiger partial charge is 0.353 e. The first-order valence-corrected chi connectivity index (χ1v) is 5.51. The highest BCUT2D eigenvalue weighted by atomic mass is 35.5. The van der Waals surface area contributed by atoms with E-state index in [4.69, 9.17) is 11.6 Å². The minimum absolute atomic E-state index is 0.0354. The van der Waals surface area contributed by atoms with Gasteiger partial charge in [-0.25, -0.2) is 8.78 Å². The number of hydrogen-bond acceptors (Lipinski definition) is 3. The molecule has 2 aromatic carbocycles. The molecular formula is C12H7ClF2N2O2. The predicted octanol–water partition coefficient (Wildman–Crippen LogP) is 4.27. The molecule has 0 spiro atoms. The van der Waals surface area contributed by atoms with Crippen LogP contribution in [0.3, 0.4) is 0 Å². The minimum Gasteiger partial charge on any atom is -0.353 e. The van der Waals surface area contributed by atoms with Crippen molar-refractivity contribution < 1.29 is 13.7 Å². The van der Waals surface area contributed by atoms with Crippen LogP contribution in [0.2, 0.25) is 5.02 Å². The summed E-state index contributed by atoms with van der Waals surface area (Å²) < 4.78 is 26.6. The molecule has 0 saturated carbocycles. The fourth-order valence-electron chi connectivity index (χ4n) is 1.45. The number of nitrogens with zero attached hydrogens (tertiary/aromatic N) is 1. The number of nitro benzene ring substituents is 1. The summed E-state index contributed by atoms with van der Waals surface area (Å²) in [5, 5.41) is 13.0. The molecule has 0 heterocycles. The highest BCUT2D eigenvalue weighted by molar-refractivity contribution is 6.31. The first kappa shape index (κ1) is 13.2. The maximum absolute atomic E-state index is 13.6. The van der Waals surface area contributed by atoms with Crippen molar-refractivity contribution in [1.82, 2.24) is 0 Å². The molecule has 98 valence electrons. The lowest BCUT2D eigenvalue weighted by atomic mass is 10.2. The van der Waals surface area contributed by atoms with Crippen molar-refractivity contribution in [3.63, 3.8) is 0 Å². The SMILES string of the molecule is O=[N+]([O-])c1ccc(Nc2ccc(F)c(Cl)c2)c(F)c1. The predicted molar refractivity (Wildman–Crippen MR) is 67.7 cm³/mol. The Bertz CT molecular complexity index is 650. The third-order valence-electron chi connectivity index (χ3n) is 2.36. The molecule has 0 radical (unpaired) electrons. The highest BCUT2D eigenvalue weighted by Gasteiger charge is 2.11. The van der Waals surface area contributed by atoms with E-state index in [1.807, 2.05) is 0 Å². The van der Waals surface area contributed by atoms with E-state index in [1.165, 1.54) is 18.2 Å². The van der Waals surface area contributed by atoms with Gasteiger partial charge in [-0.1, -0.05) is 11.6 Å². The molecule has 4 nitrogen and oxygen atoms in total. The molecule has 0 amide bonds. The van der Waals surface area contributed by atoms with Crippen LogP contribution in [0.1, 0.15) is 0 Å². The van der Waals surface area contributed by atoms with Gasteiger partial charge in [-0.15, -0.1) is 0 Å². The molecule has 0 unspecified atom stereocenters. The second-order valence-corrected chi connectivity index (χ2v) is 4.08. The Morgan fingerprint density at radius 1 is 1.11 bits per heavy atom. The Hall–Kier alpha value is -2.21. The zero-order valence-electron chi connectivity index (χ0n) is 9.36. The fourth-order valence-corrected chi connectivity index (χ4v) is 1.63. The molecule has 0 bridgehead atoms. The minimum atomic E-state index is -0.783. The number of benzene rings is 2. The molecule has 0 aliphatic carbocycles. The average molecular weight is 285 g/mol.